The summed E-state index contributed by atoms with van der Waals surface area (Å²) in [6, 6.07) is 0. The van der Waals surface area contributed by atoms with Crippen LogP contribution in [-0.2, 0) is 0 Å². The Hall–Kier alpha value is -0.420. The Morgan fingerprint density at radius 2 is 1.46 bits per heavy atom. The Labute approximate surface area is 213 Å². The van der Waals surface area contributed by atoms with Crippen molar-refractivity contribution in [2.75, 3.05) is 0 Å². The summed E-state index contributed by atoms with van der Waals surface area (Å²) in [7, 11) is 0. The van der Waals surface area contributed by atoms with Crippen LogP contribution in [0.25, 0.3) is 0 Å². The summed E-state index contributed by atoms with van der Waals surface area (Å²) < 4.78 is 0. The van der Waals surface area contributed by atoms with Gasteiger partial charge in [-0.25, -0.2) is 0 Å². The van der Waals surface area contributed by atoms with Crippen LogP contribution in [0, 0.1) is 56.7 Å². The molecule has 5 aliphatic carbocycles. The van der Waals surface area contributed by atoms with E-state index in [9.17, 15) is 20.4 Å². The normalized spacial score (nSPS) is 54.9. The highest BCUT2D eigenvalue weighted by Gasteiger charge is 2.86. The molecule has 0 aromatic heterocycles. The van der Waals surface area contributed by atoms with Gasteiger partial charge in [0.2, 0.25) is 0 Å². The molecule has 200 valence electrons. The maximum Gasteiger partial charge on any atom is 0.0841 e. The molecule has 0 heterocycles. The number of hydrogen-bond acceptors (Lipinski definition) is 4. The van der Waals surface area contributed by atoms with Gasteiger partial charge in [0.05, 0.1) is 24.4 Å². The van der Waals surface area contributed by atoms with Crippen molar-refractivity contribution in [1.29, 1.82) is 0 Å². The lowest BCUT2D eigenvalue weighted by molar-refractivity contribution is -0.244. The van der Waals surface area contributed by atoms with Crippen LogP contribution in [0.1, 0.15) is 99.8 Å². The fraction of sp³-hybridized carbons (Fsp3) is 0.935. The first kappa shape index (κ1) is 26.2. The molecule has 4 N–H and O–H groups in total. The molecule has 5 fully saturated rings. The number of aliphatic hydroxyl groups is 4. The number of rotatable bonds is 5. The van der Waals surface area contributed by atoms with Crippen LogP contribution in [0.4, 0.5) is 0 Å². The fourth-order valence-electron chi connectivity index (χ4n) is 11.4. The van der Waals surface area contributed by atoms with Crippen LogP contribution in [0.5, 0.6) is 0 Å². The van der Waals surface area contributed by atoms with E-state index < -0.39 is 23.7 Å². The lowest BCUT2D eigenvalue weighted by Gasteiger charge is -2.65. The number of allylic oxidation sites excluding steroid dienone is 1. The lowest BCUT2D eigenvalue weighted by atomic mass is 9.40. The van der Waals surface area contributed by atoms with E-state index in [0.717, 1.165) is 44.9 Å². The first-order valence-electron chi connectivity index (χ1n) is 14.5. The van der Waals surface area contributed by atoms with E-state index in [4.69, 9.17) is 0 Å². The van der Waals surface area contributed by atoms with Gasteiger partial charge in [-0.15, -0.1) is 0 Å². The Balaban J connectivity index is 1.49. The minimum Gasteiger partial charge on any atom is -0.393 e. The number of aliphatic hydroxyl groups excluding tert-OH is 4. The Kier molecular flexibility index (Phi) is 5.84. The predicted molar refractivity (Wildman–Crippen MR) is 139 cm³/mol. The molecule has 0 unspecified atom stereocenters. The molecule has 35 heavy (non-hydrogen) atoms. The van der Waals surface area contributed by atoms with Crippen LogP contribution >= 0.6 is 0 Å². The van der Waals surface area contributed by atoms with Crippen molar-refractivity contribution in [3.63, 3.8) is 0 Å². The van der Waals surface area contributed by atoms with Crippen molar-refractivity contribution in [3.8, 4) is 0 Å². The highest BCUT2D eigenvalue weighted by Crippen LogP contribution is 2.89. The van der Waals surface area contributed by atoms with E-state index in [-0.39, 0.29) is 45.5 Å². The molecule has 2 spiro atoms. The van der Waals surface area contributed by atoms with Crippen molar-refractivity contribution in [3.05, 3.63) is 12.2 Å². The summed E-state index contributed by atoms with van der Waals surface area (Å²) in [6.45, 7) is 19.9. The van der Waals surface area contributed by atoms with Crippen LogP contribution in [0.2, 0.25) is 0 Å². The van der Waals surface area contributed by atoms with Gasteiger partial charge in [0.1, 0.15) is 0 Å². The quantitative estimate of drug-likeness (QED) is 0.395. The average Bonchev–Trinajstić information content (AvgIpc) is 3.33. The van der Waals surface area contributed by atoms with E-state index in [1.807, 2.05) is 0 Å². The van der Waals surface area contributed by atoms with Gasteiger partial charge in [0.15, 0.2) is 0 Å². The first-order valence-corrected chi connectivity index (χ1v) is 14.5. The third kappa shape index (κ3) is 3.06. The van der Waals surface area contributed by atoms with Crippen LogP contribution in [0.15, 0.2) is 12.2 Å². The van der Waals surface area contributed by atoms with Gasteiger partial charge in [-0.3, -0.25) is 0 Å². The van der Waals surface area contributed by atoms with Crippen molar-refractivity contribution in [1.82, 2.24) is 0 Å². The Morgan fingerprint density at radius 1 is 0.857 bits per heavy atom. The van der Waals surface area contributed by atoms with Gasteiger partial charge < -0.3 is 20.4 Å². The van der Waals surface area contributed by atoms with Crippen molar-refractivity contribution >= 4 is 0 Å². The van der Waals surface area contributed by atoms with Crippen LogP contribution < -0.4 is 0 Å². The summed E-state index contributed by atoms with van der Waals surface area (Å²) in [5.74, 6) is 1.01. The SMILES string of the molecule is C=C(CC[C@@H](C)[C@H]1[C@@H](O)C[C@@]2(C)[C@@H]3[C@@H](O)[C@@H](O)[C@H]4C(C)(C)[C@@H](O)CC[C@@]45C[C@@]35CC[C@]12C)C(C)C. The van der Waals surface area contributed by atoms with Crippen molar-refractivity contribution in [2.45, 2.75) is 124 Å². The molecule has 4 heteroatoms. The maximum atomic E-state index is 11.9. The van der Waals surface area contributed by atoms with E-state index in [2.05, 4.69) is 55.0 Å². The summed E-state index contributed by atoms with van der Waals surface area (Å²) in [6.07, 6.45) is 5.31. The minimum atomic E-state index is -0.817. The molecule has 4 nitrogen and oxygen atoms in total. The van der Waals surface area contributed by atoms with Gasteiger partial charge in [-0.2, -0.15) is 0 Å². The lowest BCUT2D eigenvalue weighted by Crippen LogP contribution is -2.66. The topological polar surface area (TPSA) is 80.9 Å². The van der Waals surface area contributed by atoms with E-state index in [1.165, 1.54) is 5.57 Å². The molecule has 0 saturated heterocycles. The van der Waals surface area contributed by atoms with E-state index >= 15 is 0 Å². The molecule has 0 bridgehead atoms. The molecule has 0 aliphatic heterocycles. The van der Waals surface area contributed by atoms with Gasteiger partial charge in [0.25, 0.3) is 0 Å². The number of fused-ring (bicyclic) bond motifs is 2. The molecule has 5 aliphatic rings. The zero-order valence-corrected chi connectivity index (χ0v) is 23.3. The molecule has 5 saturated carbocycles. The van der Waals surface area contributed by atoms with E-state index in [1.54, 1.807) is 0 Å². The smallest absolute Gasteiger partial charge is 0.0841 e. The summed E-state index contributed by atoms with van der Waals surface area (Å²) >= 11 is 0. The third-order valence-electron chi connectivity index (χ3n) is 13.5. The van der Waals surface area contributed by atoms with Crippen LogP contribution in [-0.4, -0.2) is 44.8 Å². The molecule has 0 aromatic carbocycles. The van der Waals surface area contributed by atoms with Gasteiger partial charge in [0, 0.05) is 5.92 Å². The zero-order chi connectivity index (χ0) is 25.9. The first-order chi connectivity index (χ1) is 16.1. The second-order valence-electron chi connectivity index (χ2n) is 15.3. The fourth-order valence-corrected chi connectivity index (χ4v) is 11.4. The predicted octanol–water partition coefficient (Wildman–Crippen LogP) is 5.33. The van der Waals surface area contributed by atoms with Crippen LogP contribution in [0.3, 0.4) is 0 Å². The highest BCUT2D eigenvalue weighted by atomic mass is 16.3. The molecule has 0 aromatic rings. The largest absolute Gasteiger partial charge is 0.393 e. The molecule has 5 rings (SSSR count). The Bertz CT molecular complexity index is 881. The zero-order valence-electron chi connectivity index (χ0n) is 23.3. The molecular formula is C31H52O4. The van der Waals surface area contributed by atoms with Gasteiger partial charge >= 0.3 is 0 Å². The standard InChI is InChI=1S/C31H52O4/c1-17(2)18(3)9-10-19(4)22-20(32)15-29(8)26-24(35)23(34)25-27(5,6)21(33)11-12-30(25)16-31(26,30)14-13-28(22,29)7/h17,19-26,32-35H,3,9-16H2,1-2,4-8H3/t19-,20+,21+,22+,23-,24+,25+,26+,28-,29+,30-,31+/m1/s1. The monoisotopic (exact) mass is 488 g/mol. The third-order valence-corrected chi connectivity index (χ3v) is 13.5. The maximum absolute atomic E-state index is 11.9. The highest BCUT2D eigenvalue weighted by molar-refractivity contribution is 5.34. The molecular weight excluding hydrogens is 436 g/mol. The van der Waals surface area contributed by atoms with Crippen molar-refractivity contribution in [2.24, 2.45) is 56.7 Å². The molecule has 12 atom stereocenters. The average molecular weight is 489 g/mol. The second kappa shape index (κ2) is 7.80. The Morgan fingerprint density at radius 3 is 2.09 bits per heavy atom. The number of hydrogen-bond donors (Lipinski definition) is 4. The molecule has 0 radical (unpaired) electrons. The van der Waals surface area contributed by atoms with Gasteiger partial charge in [-0.05, 0) is 102 Å². The summed E-state index contributed by atoms with van der Waals surface area (Å²) in [5, 5.41) is 46.0. The second-order valence-corrected chi connectivity index (χ2v) is 15.3. The molecule has 0 amide bonds. The summed E-state index contributed by atoms with van der Waals surface area (Å²) in [4.78, 5) is 0. The van der Waals surface area contributed by atoms with Crippen molar-refractivity contribution < 1.29 is 20.4 Å². The minimum absolute atomic E-state index is 0.00326. The van der Waals surface area contributed by atoms with Gasteiger partial charge in [-0.1, -0.05) is 60.6 Å². The van der Waals surface area contributed by atoms with E-state index in [0.29, 0.717) is 18.3 Å². The summed E-state index contributed by atoms with van der Waals surface area (Å²) in [5.41, 5.74) is 0.660.